The lowest BCUT2D eigenvalue weighted by atomic mass is 9.87. The van der Waals surface area contributed by atoms with Crippen LogP contribution < -0.4 is 5.32 Å². The summed E-state index contributed by atoms with van der Waals surface area (Å²) in [7, 11) is 0. The molecule has 0 radical (unpaired) electrons. The second-order valence-electron chi connectivity index (χ2n) is 7.49. The lowest BCUT2D eigenvalue weighted by Crippen LogP contribution is -2.47. The molecule has 1 atom stereocenters. The van der Waals surface area contributed by atoms with Crippen molar-refractivity contribution in [1.82, 2.24) is 15.1 Å². The molecule has 2 aliphatic carbocycles. The van der Waals surface area contributed by atoms with Gasteiger partial charge in [0.15, 0.2) is 0 Å². The molecule has 2 fully saturated rings. The third kappa shape index (κ3) is 3.51. The van der Waals surface area contributed by atoms with Gasteiger partial charge in [-0.2, -0.15) is 0 Å². The van der Waals surface area contributed by atoms with Gasteiger partial charge in [0.1, 0.15) is 0 Å². The molecule has 1 aliphatic heterocycles. The van der Waals surface area contributed by atoms with Crippen LogP contribution in [0.15, 0.2) is 24.3 Å². The van der Waals surface area contributed by atoms with Crippen LogP contribution in [0.3, 0.4) is 0 Å². The van der Waals surface area contributed by atoms with E-state index in [9.17, 15) is 9.59 Å². The van der Waals surface area contributed by atoms with Crippen molar-refractivity contribution in [2.24, 2.45) is 0 Å². The van der Waals surface area contributed by atoms with Gasteiger partial charge >= 0.3 is 6.03 Å². The summed E-state index contributed by atoms with van der Waals surface area (Å²) in [5.41, 5.74) is 2.66. The Kier molecular flexibility index (Phi) is 4.64. The fraction of sp³-hybridized carbons (Fsp3) is 0.600. The van der Waals surface area contributed by atoms with Crippen LogP contribution in [-0.4, -0.2) is 47.4 Å². The minimum absolute atomic E-state index is 0.0469. The van der Waals surface area contributed by atoms with Crippen LogP contribution in [0.25, 0.3) is 0 Å². The normalized spacial score (nSPS) is 22.4. The van der Waals surface area contributed by atoms with Crippen LogP contribution in [0.1, 0.15) is 55.7 Å². The molecule has 3 aliphatic rings. The molecule has 1 heterocycles. The molecule has 4 rings (SSSR count). The Labute approximate surface area is 149 Å². The van der Waals surface area contributed by atoms with E-state index in [1.54, 1.807) is 0 Å². The largest absolute Gasteiger partial charge is 0.341 e. The van der Waals surface area contributed by atoms with Crippen molar-refractivity contribution < 1.29 is 9.59 Å². The number of benzene rings is 1. The molecule has 134 valence electrons. The van der Waals surface area contributed by atoms with E-state index in [0.29, 0.717) is 6.04 Å². The smallest absolute Gasteiger partial charge is 0.318 e. The number of carbonyl (C=O) groups is 2. The zero-order valence-corrected chi connectivity index (χ0v) is 14.7. The minimum atomic E-state index is -0.0725. The van der Waals surface area contributed by atoms with Crippen molar-refractivity contribution in [3.05, 3.63) is 35.4 Å². The maximum absolute atomic E-state index is 12.9. The molecule has 1 saturated carbocycles. The van der Waals surface area contributed by atoms with E-state index in [2.05, 4.69) is 29.6 Å². The van der Waals surface area contributed by atoms with Crippen LogP contribution in [0, 0.1) is 0 Å². The highest BCUT2D eigenvalue weighted by Crippen LogP contribution is 2.40. The van der Waals surface area contributed by atoms with Crippen molar-refractivity contribution >= 4 is 11.9 Å². The van der Waals surface area contributed by atoms with Crippen LogP contribution in [0.2, 0.25) is 0 Å². The molecular weight excluding hydrogens is 314 g/mol. The number of carbonyl (C=O) groups excluding carboxylic acids is 2. The maximum Gasteiger partial charge on any atom is 0.318 e. The first-order valence-electron chi connectivity index (χ1n) is 9.66. The SMILES string of the molecule is O=C(CNC(=O)N(C1CC1)[C@@H]1CCCc2ccccc21)N1CCCC1. The van der Waals surface area contributed by atoms with Gasteiger partial charge in [-0.3, -0.25) is 4.79 Å². The van der Waals surface area contributed by atoms with Crippen molar-refractivity contribution in [2.45, 2.75) is 57.0 Å². The number of rotatable bonds is 4. The summed E-state index contributed by atoms with van der Waals surface area (Å²) in [5, 5.41) is 2.90. The third-order valence-electron chi connectivity index (χ3n) is 5.70. The first-order chi connectivity index (χ1) is 12.2. The van der Waals surface area contributed by atoms with Gasteiger partial charge in [0.05, 0.1) is 12.6 Å². The zero-order chi connectivity index (χ0) is 17.2. The fourth-order valence-electron chi connectivity index (χ4n) is 4.25. The van der Waals surface area contributed by atoms with Crippen molar-refractivity contribution in [3.63, 3.8) is 0 Å². The zero-order valence-electron chi connectivity index (χ0n) is 14.7. The Morgan fingerprint density at radius 3 is 2.60 bits per heavy atom. The molecule has 1 N–H and O–H groups in total. The van der Waals surface area contributed by atoms with Crippen molar-refractivity contribution in [1.29, 1.82) is 0 Å². The monoisotopic (exact) mass is 341 g/mol. The van der Waals surface area contributed by atoms with E-state index in [0.717, 1.165) is 58.0 Å². The summed E-state index contributed by atoms with van der Waals surface area (Å²) in [5.74, 6) is 0.0469. The van der Waals surface area contributed by atoms with E-state index < -0.39 is 0 Å². The molecule has 5 heteroatoms. The Bertz CT molecular complexity index is 650. The molecular formula is C20H27N3O2. The van der Waals surface area contributed by atoms with Gasteiger partial charge in [-0.15, -0.1) is 0 Å². The predicted molar refractivity (Wildman–Crippen MR) is 96.2 cm³/mol. The predicted octanol–water partition coefficient (Wildman–Crippen LogP) is 2.86. The van der Waals surface area contributed by atoms with Gasteiger partial charge in [0.25, 0.3) is 0 Å². The van der Waals surface area contributed by atoms with Crippen molar-refractivity contribution in [2.75, 3.05) is 19.6 Å². The Hall–Kier alpha value is -2.04. The average Bonchev–Trinajstić information content (AvgIpc) is 3.31. The fourth-order valence-corrected chi connectivity index (χ4v) is 4.25. The Morgan fingerprint density at radius 2 is 1.84 bits per heavy atom. The molecule has 1 aromatic rings. The number of hydrogen-bond acceptors (Lipinski definition) is 2. The van der Waals surface area contributed by atoms with Crippen LogP contribution >= 0.6 is 0 Å². The second kappa shape index (κ2) is 7.06. The molecule has 0 bridgehead atoms. The number of hydrogen-bond donors (Lipinski definition) is 1. The Balaban J connectivity index is 1.44. The molecule has 5 nitrogen and oxygen atoms in total. The van der Waals surface area contributed by atoms with Gasteiger partial charge in [-0.05, 0) is 56.1 Å². The number of fused-ring (bicyclic) bond motifs is 1. The van der Waals surface area contributed by atoms with Crippen LogP contribution in [-0.2, 0) is 11.2 Å². The van der Waals surface area contributed by atoms with E-state index in [1.165, 1.54) is 11.1 Å². The van der Waals surface area contributed by atoms with Gasteiger partial charge in [0.2, 0.25) is 5.91 Å². The maximum atomic E-state index is 12.9. The van der Waals surface area contributed by atoms with E-state index in [-0.39, 0.29) is 24.5 Å². The third-order valence-corrected chi connectivity index (χ3v) is 5.70. The number of nitrogens with zero attached hydrogens (tertiary/aromatic N) is 2. The molecule has 0 spiro atoms. The van der Waals surface area contributed by atoms with Gasteiger partial charge in [-0.1, -0.05) is 24.3 Å². The first-order valence-corrected chi connectivity index (χ1v) is 9.66. The average molecular weight is 341 g/mol. The van der Waals surface area contributed by atoms with Gasteiger partial charge in [-0.25, -0.2) is 4.79 Å². The van der Waals surface area contributed by atoms with E-state index >= 15 is 0 Å². The highest BCUT2D eigenvalue weighted by molar-refractivity contribution is 5.84. The molecule has 1 aromatic carbocycles. The minimum Gasteiger partial charge on any atom is -0.341 e. The van der Waals surface area contributed by atoms with Crippen LogP contribution in [0.4, 0.5) is 4.79 Å². The summed E-state index contributed by atoms with van der Waals surface area (Å²) in [6.45, 7) is 1.78. The summed E-state index contributed by atoms with van der Waals surface area (Å²) < 4.78 is 0. The molecule has 0 unspecified atom stereocenters. The molecule has 25 heavy (non-hydrogen) atoms. The standard InChI is InChI=1S/C20H27N3O2/c24-19(22-12-3-4-13-22)14-21-20(25)23(16-10-11-16)18-9-5-7-15-6-1-2-8-17(15)18/h1-2,6,8,16,18H,3-5,7,9-14H2,(H,21,25)/t18-/m1/s1. The summed E-state index contributed by atoms with van der Waals surface area (Å²) in [6, 6.07) is 8.90. The van der Waals surface area contributed by atoms with Crippen molar-refractivity contribution in [3.8, 4) is 0 Å². The summed E-state index contributed by atoms with van der Waals surface area (Å²) in [4.78, 5) is 29.0. The van der Waals surface area contributed by atoms with E-state index in [4.69, 9.17) is 0 Å². The summed E-state index contributed by atoms with van der Waals surface area (Å²) in [6.07, 6.45) is 7.53. The second-order valence-corrected chi connectivity index (χ2v) is 7.49. The lowest BCUT2D eigenvalue weighted by molar-refractivity contribution is -0.129. The van der Waals surface area contributed by atoms with Gasteiger partial charge < -0.3 is 15.1 Å². The first kappa shape index (κ1) is 16.4. The highest BCUT2D eigenvalue weighted by Gasteiger charge is 2.39. The van der Waals surface area contributed by atoms with E-state index in [1.807, 2.05) is 9.80 Å². The number of urea groups is 1. The van der Waals surface area contributed by atoms with Gasteiger partial charge in [0, 0.05) is 19.1 Å². The quantitative estimate of drug-likeness (QED) is 0.915. The molecule has 3 amide bonds. The number of amides is 3. The van der Waals surface area contributed by atoms with Crippen LogP contribution in [0.5, 0.6) is 0 Å². The number of likely N-dealkylation sites (tertiary alicyclic amines) is 1. The summed E-state index contributed by atoms with van der Waals surface area (Å²) >= 11 is 0. The molecule has 1 saturated heterocycles. The number of aryl methyl sites for hydroxylation is 1. The number of nitrogens with one attached hydrogen (secondary N) is 1. The highest BCUT2D eigenvalue weighted by atomic mass is 16.2. The molecule has 0 aromatic heterocycles. The lowest BCUT2D eigenvalue weighted by Gasteiger charge is -2.36. The topological polar surface area (TPSA) is 52.7 Å². The Morgan fingerprint density at radius 1 is 1.08 bits per heavy atom.